The molecule has 2 aromatic rings. The molecule has 2 rings (SSSR count). The van der Waals surface area contributed by atoms with Crippen molar-refractivity contribution in [3.8, 4) is 11.5 Å². The molecule has 3 nitrogen and oxygen atoms in total. The Hall–Kier alpha value is -2.07. The molecular weight excluding hydrogens is 281 g/mol. The van der Waals surface area contributed by atoms with Gasteiger partial charge in [0.1, 0.15) is 12.4 Å². The molecule has 0 aliphatic carbocycles. The van der Waals surface area contributed by atoms with Crippen molar-refractivity contribution in [1.29, 1.82) is 0 Å². The standard InChI is InChI=1S/C18H22FNO2/c1-3-14(20)11-15-16(21-2)9-10-17(18(15)19)22-12-13-7-5-4-6-8-13/h4-10,14H,3,11-12,20H2,1-2H3. The van der Waals surface area contributed by atoms with E-state index < -0.39 is 0 Å². The summed E-state index contributed by atoms with van der Waals surface area (Å²) in [6.07, 6.45) is 1.20. The van der Waals surface area contributed by atoms with Crippen LogP contribution in [0, 0.1) is 5.82 Å². The number of rotatable bonds is 7. The summed E-state index contributed by atoms with van der Waals surface area (Å²) in [5.74, 6) is 0.343. The van der Waals surface area contributed by atoms with Crippen LogP contribution < -0.4 is 15.2 Å². The summed E-state index contributed by atoms with van der Waals surface area (Å²) in [6, 6.07) is 12.9. The highest BCUT2D eigenvalue weighted by molar-refractivity contribution is 5.42. The van der Waals surface area contributed by atoms with Crippen molar-refractivity contribution >= 4 is 0 Å². The first kappa shape index (κ1) is 16.3. The summed E-state index contributed by atoms with van der Waals surface area (Å²) in [6.45, 7) is 2.30. The minimum Gasteiger partial charge on any atom is -0.496 e. The highest BCUT2D eigenvalue weighted by Crippen LogP contribution is 2.30. The third-order valence-electron chi connectivity index (χ3n) is 3.61. The Morgan fingerprint density at radius 2 is 1.77 bits per heavy atom. The van der Waals surface area contributed by atoms with E-state index in [4.69, 9.17) is 15.2 Å². The molecule has 2 aromatic carbocycles. The van der Waals surface area contributed by atoms with Gasteiger partial charge in [-0.05, 0) is 30.5 Å². The van der Waals surface area contributed by atoms with Crippen LogP contribution in [-0.2, 0) is 13.0 Å². The van der Waals surface area contributed by atoms with Crippen LogP contribution in [0.15, 0.2) is 42.5 Å². The van der Waals surface area contributed by atoms with Gasteiger partial charge in [-0.3, -0.25) is 0 Å². The third kappa shape index (κ3) is 3.98. The van der Waals surface area contributed by atoms with Gasteiger partial charge in [-0.25, -0.2) is 4.39 Å². The lowest BCUT2D eigenvalue weighted by atomic mass is 10.0. The number of ether oxygens (including phenoxy) is 2. The second kappa shape index (κ2) is 7.80. The third-order valence-corrected chi connectivity index (χ3v) is 3.61. The first-order chi connectivity index (χ1) is 10.7. The highest BCUT2D eigenvalue weighted by Gasteiger charge is 2.17. The first-order valence-corrected chi connectivity index (χ1v) is 7.43. The smallest absolute Gasteiger partial charge is 0.172 e. The van der Waals surface area contributed by atoms with E-state index in [2.05, 4.69) is 0 Å². The van der Waals surface area contributed by atoms with E-state index >= 15 is 0 Å². The SMILES string of the molecule is CCC(N)Cc1c(OC)ccc(OCc2ccccc2)c1F. The summed E-state index contributed by atoms with van der Waals surface area (Å²) < 4.78 is 25.5. The van der Waals surface area contributed by atoms with Gasteiger partial charge >= 0.3 is 0 Å². The van der Waals surface area contributed by atoms with Crippen molar-refractivity contribution in [1.82, 2.24) is 0 Å². The van der Waals surface area contributed by atoms with Crippen LogP contribution in [0.1, 0.15) is 24.5 Å². The van der Waals surface area contributed by atoms with E-state index in [1.165, 1.54) is 7.11 Å². The summed E-state index contributed by atoms with van der Waals surface area (Å²) in [4.78, 5) is 0. The molecule has 118 valence electrons. The van der Waals surface area contributed by atoms with Crippen molar-refractivity contribution in [2.75, 3.05) is 7.11 Å². The zero-order valence-corrected chi connectivity index (χ0v) is 13.0. The molecular formula is C18H22FNO2. The Balaban J connectivity index is 2.19. The van der Waals surface area contributed by atoms with E-state index in [-0.39, 0.29) is 17.6 Å². The fraction of sp³-hybridized carbons (Fsp3) is 0.333. The van der Waals surface area contributed by atoms with Crippen LogP contribution in [0.5, 0.6) is 11.5 Å². The van der Waals surface area contributed by atoms with Gasteiger partial charge in [-0.2, -0.15) is 0 Å². The molecule has 1 atom stereocenters. The fourth-order valence-electron chi connectivity index (χ4n) is 2.22. The van der Waals surface area contributed by atoms with Gasteiger partial charge in [-0.15, -0.1) is 0 Å². The molecule has 0 aromatic heterocycles. The van der Waals surface area contributed by atoms with E-state index in [1.54, 1.807) is 12.1 Å². The molecule has 0 aliphatic heterocycles. The fourth-order valence-corrected chi connectivity index (χ4v) is 2.22. The van der Waals surface area contributed by atoms with E-state index in [1.807, 2.05) is 37.3 Å². The van der Waals surface area contributed by atoms with Crippen molar-refractivity contribution in [3.63, 3.8) is 0 Å². The van der Waals surface area contributed by atoms with Gasteiger partial charge in [0, 0.05) is 11.6 Å². The van der Waals surface area contributed by atoms with Gasteiger partial charge in [0.2, 0.25) is 0 Å². The molecule has 1 unspecified atom stereocenters. The Morgan fingerprint density at radius 1 is 1.09 bits per heavy atom. The van der Waals surface area contributed by atoms with Gasteiger partial charge in [0.25, 0.3) is 0 Å². The van der Waals surface area contributed by atoms with E-state index in [0.29, 0.717) is 24.3 Å². The van der Waals surface area contributed by atoms with Crippen molar-refractivity contribution in [2.45, 2.75) is 32.4 Å². The number of hydrogen-bond acceptors (Lipinski definition) is 3. The zero-order valence-electron chi connectivity index (χ0n) is 13.0. The van der Waals surface area contributed by atoms with Crippen LogP contribution in [0.4, 0.5) is 4.39 Å². The Kier molecular flexibility index (Phi) is 5.78. The summed E-state index contributed by atoms with van der Waals surface area (Å²) in [5, 5.41) is 0. The summed E-state index contributed by atoms with van der Waals surface area (Å²) >= 11 is 0. The second-order valence-corrected chi connectivity index (χ2v) is 5.21. The monoisotopic (exact) mass is 303 g/mol. The number of nitrogens with two attached hydrogens (primary N) is 1. The molecule has 0 heterocycles. The summed E-state index contributed by atoms with van der Waals surface area (Å²) in [7, 11) is 1.53. The maximum atomic E-state index is 14.7. The van der Waals surface area contributed by atoms with Crippen LogP contribution in [0.25, 0.3) is 0 Å². The maximum Gasteiger partial charge on any atom is 0.172 e. The van der Waals surface area contributed by atoms with Gasteiger partial charge < -0.3 is 15.2 Å². The van der Waals surface area contributed by atoms with Crippen LogP contribution in [0.2, 0.25) is 0 Å². The predicted molar refractivity (Wildman–Crippen MR) is 85.7 cm³/mol. The molecule has 0 aliphatic rings. The zero-order chi connectivity index (χ0) is 15.9. The largest absolute Gasteiger partial charge is 0.496 e. The van der Waals surface area contributed by atoms with E-state index in [9.17, 15) is 4.39 Å². The Labute approximate surface area is 130 Å². The van der Waals surface area contributed by atoms with E-state index in [0.717, 1.165) is 12.0 Å². The molecule has 2 N–H and O–H groups in total. The minimum atomic E-state index is -0.390. The topological polar surface area (TPSA) is 44.5 Å². The minimum absolute atomic E-state index is 0.104. The molecule has 0 radical (unpaired) electrons. The van der Waals surface area contributed by atoms with Gasteiger partial charge in [0.05, 0.1) is 7.11 Å². The number of methoxy groups -OCH3 is 1. The molecule has 22 heavy (non-hydrogen) atoms. The average molecular weight is 303 g/mol. The Morgan fingerprint density at radius 3 is 2.41 bits per heavy atom. The molecule has 4 heteroatoms. The quantitative estimate of drug-likeness (QED) is 0.848. The van der Waals surface area contributed by atoms with Crippen molar-refractivity contribution in [2.24, 2.45) is 5.73 Å². The second-order valence-electron chi connectivity index (χ2n) is 5.21. The molecule has 0 saturated carbocycles. The molecule has 0 bridgehead atoms. The van der Waals surface area contributed by atoms with Crippen LogP contribution in [-0.4, -0.2) is 13.2 Å². The number of hydrogen-bond donors (Lipinski definition) is 1. The highest BCUT2D eigenvalue weighted by atomic mass is 19.1. The molecule has 0 spiro atoms. The molecule has 0 saturated heterocycles. The lowest BCUT2D eigenvalue weighted by molar-refractivity contribution is 0.287. The van der Waals surface area contributed by atoms with Crippen LogP contribution in [0.3, 0.4) is 0 Å². The van der Waals surface area contributed by atoms with Crippen LogP contribution >= 0.6 is 0 Å². The lowest BCUT2D eigenvalue weighted by Gasteiger charge is -2.16. The molecule has 0 amide bonds. The van der Waals surface area contributed by atoms with Crippen molar-refractivity contribution < 1.29 is 13.9 Å². The van der Waals surface area contributed by atoms with Gasteiger partial charge in [-0.1, -0.05) is 37.3 Å². The normalized spacial score (nSPS) is 12.0. The van der Waals surface area contributed by atoms with Gasteiger partial charge in [0.15, 0.2) is 11.6 Å². The Bertz CT molecular complexity index is 602. The predicted octanol–water partition coefficient (Wildman–Crippen LogP) is 3.69. The lowest BCUT2D eigenvalue weighted by Crippen LogP contribution is -2.22. The number of halogens is 1. The average Bonchev–Trinajstić information content (AvgIpc) is 2.56. The summed E-state index contributed by atoms with van der Waals surface area (Å²) in [5.41, 5.74) is 7.41. The maximum absolute atomic E-state index is 14.7. The molecule has 0 fully saturated rings. The number of benzene rings is 2. The first-order valence-electron chi connectivity index (χ1n) is 7.43. The van der Waals surface area contributed by atoms with Crippen molar-refractivity contribution in [3.05, 3.63) is 59.4 Å².